The SMILES string of the molecule is CN=C(NCCCCN1CC(C)CC(C)C1)NCC1CC(=O)N(CCc2ccccc2)C1.I. The summed E-state index contributed by atoms with van der Waals surface area (Å²) in [6.45, 7) is 11.8. The van der Waals surface area contributed by atoms with Gasteiger partial charge in [-0.2, -0.15) is 0 Å². The Kier molecular flexibility index (Phi) is 12.5. The van der Waals surface area contributed by atoms with Gasteiger partial charge in [-0.15, -0.1) is 24.0 Å². The Morgan fingerprint density at radius 3 is 2.45 bits per heavy atom. The van der Waals surface area contributed by atoms with Gasteiger partial charge in [0.05, 0.1) is 0 Å². The molecule has 0 aliphatic carbocycles. The Bertz CT molecular complexity index is 719. The molecule has 186 valence electrons. The number of nitrogens with one attached hydrogen (secondary N) is 2. The lowest BCUT2D eigenvalue weighted by Crippen LogP contribution is -2.41. The fourth-order valence-electron chi connectivity index (χ4n) is 5.22. The standard InChI is InChI=1S/C26H43N5O.HI/c1-21-15-22(2)19-30(18-21)13-8-7-12-28-26(27-3)29-17-24-16-25(32)31(20-24)14-11-23-9-5-4-6-10-23;/h4-6,9-10,21-22,24H,7-8,11-20H2,1-3H3,(H2,27,28,29);1H. The first-order chi connectivity index (χ1) is 15.5. The van der Waals surface area contributed by atoms with Crippen LogP contribution in [0.3, 0.4) is 0 Å². The average Bonchev–Trinajstić information content (AvgIpc) is 3.13. The smallest absolute Gasteiger partial charge is 0.223 e. The van der Waals surface area contributed by atoms with E-state index >= 15 is 0 Å². The van der Waals surface area contributed by atoms with Gasteiger partial charge in [-0.25, -0.2) is 0 Å². The van der Waals surface area contributed by atoms with Crippen molar-refractivity contribution in [2.45, 2.75) is 46.0 Å². The van der Waals surface area contributed by atoms with Gasteiger partial charge in [0, 0.05) is 58.7 Å². The molecule has 3 rings (SSSR count). The van der Waals surface area contributed by atoms with Crippen molar-refractivity contribution in [3.63, 3.8) is 0 Å². The summed E-state index contributed by atoms with van der Waals surface area (Å²) >= 11 is 0. The topological polar surface area (TPSA) is 60.0 Å². The van der Waals surface area contributed by atoms with Gasteiger partial charge < -0.3 is 20.4 Å². The van der Waals surface area contributed by atoms with Crippen LogP contribution >= 0.6 is 24.0 Å². The number of amides is 1. The van der Waals surface area contributed by atoms with E-state index in [1.54, 1.807) is 0 Å². The van der Waals surface area contributed by atoms with Gasteiger partial charge in [0.2, 0.25) is 5.91 Å². The summed E-state index contributed by atoms with van der Waals surface area (Å²) in [4.78, 5) is 21.4. The maximum Gasteiger partial charge on any atom is 0.223 e. The summed E-state index contributed by atoms with van der Waals surface area (Å²) in [7, 11) is 1.82. The first-order valence-corrected chi connectivity index (χ1v) is 12.5. The minimum Gasteiger partial charge on any atom is -0.356 e. The molecule has 2 aliphatic heterocycles. The molecule has 2 fully saturated rings. The molecule has 0 bridgehead atoms. The number of benzene rings is 1. The second-order valence-electron chi connectivity index (χ2n) is 9.94. The van der Waals surface area contributed by atoms with Crippen LogP contribution in [0, 0.1) is 17.8 Å². The van der Waals surface area contributed by atoms with E-state index in [1.165, 1.54) is 38.0 Å². The normalized spacial score (nSPS) is 24.0. The highest BCUT2D eigenvalue weighted by Gasteiger charge is 2.29. The lowest BCUT2D eigenvalue weighted by atomic mass is 9.92. The number of nitrogens with zero attached hydrogens (tertiary/aromatic N) is 3. The number of halogens is 1. The predicted molar refractivity (Wildman–Crippen MR) is 148 cm³/mol. The lowest BCUT2D eigenvalue weighted by Gasteiger charge is -2.34. The van der Waals surface area contributed by atoms with Gasteiger partial charge >= 0.3 is 0 Å². The molecule has 3 unspecified atom stereocenters. The van der Waals surface area contributed by atoms with Gasteiger partial charge in [-0.1, -0.05) is 44.2 Å². The molecule has 3 atom stereocenters. The Morgan fingerprint density at radius 2 is 1.76 bits per heavy atom. The van der Waals surface area contributed by atoms with Crippen molar-refractivity contribution in [3.05, 3.63) is 35.9 Å². The molecule has 6 nitrogen and oxygen atoms in total. The summed E-state index contributed by atoms with van der Waals surface area (Å²) in [6, 6.07) is 10.4. The molecule has 2 aliphatic rings. The molecule has 2 heterocycles. The van der Waals surface area contributed by atoms with E-state index < -0.39 is 0 Å². The molecular formula is C26H44IN5O. The average molecular weight is 570 g/mol. The molecule has 7 heteroatoms. The van der Waals surface area contributed by atoms with E-state index in [0.29, 0.717) is 12.3 Å². The highest BCUT2D eigenvalue weighted by atomic mass is 127. The second kappa shape index (κ2) is 14.8. The van der Waals surface area contributed by atoms with E-state index in [2.05, 4.69) is 58.6 Å². The summed E-state index contributed by atoms with van der Waals surface area (Å²) in [5.74, 6) is 3.13. The van der Waals surface area contributed by atoms with Crippen molar-refractivity contribution in [2.24, 2.45) is 22.7 Å². The molecule has 2 saturated heterocycles. The van der Waals surface area contributed by atoms with Crippen LogP contribution in [0.25, 0.3) is 0 Å². The number of hydrogen-bond donors (Lipinski definition) is 2. The Balaban J connectivity index is 0.00000385. The van der Waals surface area contributed by atoms with E-state index in [1.807, 2.05) is 18.0 Å². The van der Waals surface area contributed by atoms with Crippen molar-refractivity contribution in [3.8, 4) is 0 Å². The first-order valence-electron chi connectivity index (χ1n) is 12.5. The second-order valence-corrected chi connectivity index (χ2v) is 9.94. The Morgan fingerprint density at radius 1 is 1.03 bits per heavy atom. The quantitative estimate of drug-likeness (QED) is 0.196. The molecule has 2 N–H and O–H groups in total. The molecule has 0 saturated carbocycles. The Hall–Kier alpha value is -1.35. The van der Waals surface area contributed by atoms with Crippen LogP contribution in [-0.2, 0) is 11.2 Å². The summed E-state index contributed by atoms with van der Waals surface area (Å²) in [5, 5.41) is 6.87. The van der Waals surface area contributed by atoms with Crippen molar-refractivity contribution in [1.82, 2.24) is 20.4 Å². The predicted octanol–water partition coefficient (Wildman–Crippen LogP) is 3.62. The van der Waals surface area contributed by atoms with Crippen LogP contribution < -0.4 is 10.6 Å². The van der Waals surface area contributed by atoms with E-state index in [-0.39, 0.29) is 29.9 Å². The Labute approximate surface area is 218 Å². The molecule has 1 amide bonds. The maximum absolute atomic E-state index is 12.4. The third kappa shape index (κ3) is 9.81. The fraction of sp³-hybridized carbons (Fsp3) is 0.692. The number of carbonyl (C=O) groups is 1. The number of unbranched alkanes of at least 4 members (excludes halogenated alkanes) is 1. The molecule has 0 radical (unpaired) electrons. The van der Waals surface area contributed by atoms with Crippen LogP contribution in [0.4, 0.5) is 0 Å². The zero-order chi connectivity index (χ0) is 22.8. The molecule has 0 spiro atoms. The zero-order valence-electron chi connectivity index (χ0n) is 20.8. The summed E-state index contributed by atoms with van der Waals surface area (Å²) < 4.78 is 0. The van der Waals surface area contributed by atoms with Crippen LogP contribution in [0.1, 0.15) is 45.1 Å². The van der Waals surface area contributed by atoms with Crippen LogP contribution in [0.5, 0.6) is 0 Å². The van der Waals surface area contributed by atoms with Crippen LogP contribution in [-0.4, -0.2) is 74.5 Å². The molecule has 0 aromatic heterocycles. The van der Waals surface area contributed by atoms with Gasteiger partial charge in [0.1, 0.15) is 0 Å². The minimum atomic E-state index is 0. The number of rotatable bonds is 10. The highest BCUT2D eigenvalue weighted by molar-refractivity contribution is 14.0. The summed E-state index contributed by atoms with van der Waals surface area (Å²) in [5.41, 5.74) is 1.29. The van der Waals surface area contributed by atoms with E-state index in [0.717, 1.165) is 56.8 Å². The number of likely N-dealkylation sites (tertiary alicyclic amines) is 2. The van der Waals surface area contributed by atoms with Crippen molar-refractivity contribution in [1.29, 1.82) is 0 Å². The zero-order valence-corrected chi connectivity index (χ0v) is 23.1. The molecule has 1 aromatic rings. The molecule has 1 aromatic carbocycles. The number of piperidine rings is 1. The summed E-state index contributed by atoms with van der Waals surface area (Å²) in [6.07, 6.45) is 5.29. The number of hydrogen-bond acceptors (Lipinski definition) is 3. The third-order valence-electron chi connectivity index (χ3n) is 6.73. The van der Waals surface area contributed by atoms with Gasteiger partial charge in [-0.3, -0.25) is 9.79 Å². The monoisotopic (exact) mass is 569 g/mol. The maximum atomic E-state index is 12.4. The largest absolute Gasteiger partial charge is 0.356 e. The highest BCUT2D eigenvalue weighted by Crippen LogP contribution is 2.21. The lowest BCUT2D eigenvalue weighted by molar-refractivity contribution is -0.127. The van der Waals surface area contributed by atoms with Crippen molar-refractivity contribution >= 4 is 35.8 Å². The van der Waals surface area contributed by atoms with Crippen molar-refractivity contribution in [2.75, 3.05) is 52.9 Å². The van der Waals surface area contributed by atoms with Gasteiger partial charge in [0.25, 0.3) is 0 Å². The van der Waals surface area contributed by atoms with E-state index in [9.17, 15) is 4.79 Å². The number of aliphatic imine (C=N–C) groups is 1. The third-order valence-corrected chi connectivity index (χ3v) is 6.73. The number of guanidine groups is 1. The molecular weight excluding hydrogens is 525 g/mol. The first kappa shape index (κ1) is 27.9. The number of carbonyl (C=O) groups excluding carboxylic acids is 1. The van der Waals surface area contributed by atoms with Gasteiger partial charge in [0.15, 0.2) is 5.96 Å². The van der Waals surface area contributed by atoms with Crippen LogP contribution in [0.15, 0.2) is 35.3 Å². The minimum absolute atomic E-state index is 0. The molecule has 33 heavy (non-hydrogen) atoms. The van der Waals surface area contributed by atoms with E-state index in [4.69, 9.17) is 0 Å². The van der Waals surface area contributed by atoms with Gasteiger partial charge in [-0.05, 0) is 49.6 Å². The van der Waals surface area contributed by atoms with Crippen molar-refractivity contribution < 1.29 is 4.79 Å². The fourth-order valence-corrected chi connectivity index (χ4v) is 5.22. The van der Waals surface area contributed by atoms with Crippen LogP contribution in [0.2, 0.25) is 0 Å².